The number of nitrogens with zero attached hydrogens (tertiary/aromatic N) is 5. The summed E-state index contributed by atoms with van der Waals surface area (Å²) in [6, 6.07) is 5.69. The second kappa shape index (κ2) is 4.02. The van der Waals surface area contributed by atoms with Crippen LogP contribution >= 0.6 is 0 Å². The van der Waals surface area contributed by atoms with E-state index in [1.807, 2.05) is 29.1 Å². The molecule has 0 aliphatic carbocycles. The maximum Gasteiger partial charge on any atom is 0.229 e. The van der Waals surface area contributed by atoms with E-state index in [1.54, 1.807) is 17.7 Å². The normalized spacial score (nSPS) is 10.9. The molecule has 0 spiro atoms. The first-order chi connectivity index (χ1) is 8.78. The molecule has 0 amide bonds. The van der Waals surface area contributed by atoms with Crippen molar-refractivity contribution in [3.05, 3.63) is 36.2 Å². The number of aromatic nitrogens is 5. The van der Waals surface area contributed by atoms with Crippen LogP contribution in [0.4, 0.5) is 5.95 Å². The van der Waals surface area contributed by atoms with Crippen molar-refractivity contribution in [2.75, 3.05) is 12.8 Å². The molecule has 0 saturated heterocycles. The summed E-state index contributed by atoms with van der Waals surface area (Å²) < 4.78 is 8.78. The average Bonchev–Trinajstić information content (AvgIpc) is 2.99. The maximum atomic E-state index is 5.73. The zero-order valence-electron chi connectivity index (χ0n) is 9.82. The number of hydrogen-bond acceptors (Lipinski definition) is 5. The van der Waals surface area contributed by atoms with Crippen molar-refractivity contribution in [2.24, 2.45) is 0 Å². The molecule has 0 aliphatic heterocycles. The Morgan fingerprint density at radius 3 is 2.94 bits per heavy atom. The Morgan fingerprint density at radius 2 is 2.22 bits per heavy atom. The standard InChI is InChI=1S/C11H12N6O/c1-18-10-6-8(7-16-4-2-3-13-16)5-9-14-15-11(12)17(9)10/h2-6H,7H2,1H3,(H2,12,15). The van der Waals surface area contributed by atoms with Crippen LogP contribution in [-0.4, -0.2) is 31.5 Å². The third-order valence-corrected chi connectivity index (χ3v) is 2.67. The molecule has 0 bridgehead atoms. The van der Waals surface area contributed by atoms with Gasteiger partial charge in [-0.05, 0) is 17.7 Å². The van der Waals surface area contributed by atoms with Crippen LogP contribution in [0.2, 0.25) is 0 Å². The Morgan fingerprint density at radius 1 is 1.33 bits per heavy atom. The molecule has 0 atom stereocenters. The zero-order chi connectivity index (χ0) is 12.5. The average molecular weight is 244 g/mol. The van der Waals surface area contributed by atoms with Gasteiger partial charge in [0.25, 0.3) is 0 Å². The van der Waals surface area contributed by atoms with Gasteiger partial charge in [-0.1, -0.05) is 0 Å². The molecule has 3 aromatic heterocycles. The predicted octanol–water partition coefficient (Wildman–Crippen LogP) is 0.565. The van der Waals surface area contributed by atoms with Crippen molar-refractivity contribution in [3.8, 4) is 5.88 Å². The number of fused-ring (bicyclic) bond motifs is 1. The topological polar surface area (TPSA) is 83.3 Å². The molecule has 3 rings (SSSR count). The number of nitrogens with two attached hydrogens (primary N) is 1. The van der Waals surface area contributed by atoms with Gasteiger partial charge in [-0.3, -0.25) is 4.68 Å². The predicted molar refractivity (Wildman–Crippen MR) is 65.3 cm³/mol. The van der Waals surface area contributed by atoms with Crippen LogP contribution in [0.15, 0.2) is 30.6 Å². The van der Waals surface area contributed by atoms with Gasteiger partial charge in [-0.15, -0.1) is 10.2 Å². The lowest BCUT2D eigenvalue weighted by molar-refractivity contribution is 0.392. The molecule has 3 heterocycles. The molecule has 7 nitrogen and oxygen atoms in total. The van der Waals surface area contributed by atoms with Gasteiger partial charge in [-0.2, -0.15) is 5.10 Å². The SMILES string of the molecule is COc1cc(Cn2cccn2)cc2nnc(N)n12. The Labute approximate surface area is 103 Å². The third-order valence-electron chi connectivity index (χ3n) is 2.67. The Balaban J connectivity index is 2.08. The number of ether oxygens (including phenoxy) is 1. The number of pyridine rings is 1. The summed E-state index contributed by atoms with van der Waals surface area (Å²) in [5.74, 6) is 0.921. The molecular weight excluding hydrogens is 232 g/mol. The first kappa shape index (κ1) is 10.6. The van der Waals surface area contributed by atoms with Crippen LogP contribution in [0, 0.1) is 0 Å². The zero-order valence-corrected chi connectivity index (χ0v) is 9.82. The number of nitrogen functional groups attached to an aromatic ring is 1. The quantitative estimate of drug-likeness (QED) is 0.728. The minimum atomic E-state index is 0.312. The number of methoxy groups -OCH3 is 1. The molecule has 3 aromatic rings. The minimum Gasteiger partial charge on any atom is -0.482 e. The molecule has 0 aromatic carbocycles. The van der Waals surface area contributed by atoms with Gasteiger partial charge in [0, 0.05) is 18.5 Å². The van der Waals surface area contributed by atoms with Crippen LogP contribution in [0.1, 0.15) is 5.56 Å². The highest BCUT2D eigenvalue weighted by molar-refractivity contribution is 5.50. The summed E-state index contributed by atoms with van der Waals surface area (Å²) in [5.41, 5.74) is 7.42. The highest BCUT2D eigenvalue weighted by Gasteiger charge is 2.09. The summed E-state index contributed by atoms with van der Waals surface area (Å²) in [7, 11) is 1.59. The minimum absolute atomic E-state index is 0.312. The molecule has 0 unspecified atom stereocenters. The lowest BCUT2D eigenvalue weighted by Crippen LogP contribution is -2.04. The fraction of sp³-hybridized carbons (Fsp3) is 0.182. The van der Waals surface area contributed by atoms with Gasteiger partial charge < -0.3 is 10.5 Å². The van der Waals surface area contributed by atoms with E-state index in [4.69, 9.17) is 10.5 Å². The third kappa shape index (κ3) is 1.65. The molecular formula is C11H12N6O. The van der Waals surface area contributed by atoms with Gasteiger partial charge in [-0.25, -0.2) is 4.40 Å². The molecule has 0 saturated carbocycles. The van der Waals surface area contributed by atoms with E-state index >= 15 is 0 Å². The van der Waals surface area contributed by atoms with Crippen molar-refractivity contribution < 1.29 is 4.74 Å². The number of rotatable bonds is 3. The van der Waals surface area contributed by atoms with Crippen molar-refractivity contribution in [1.82, 2.24) is 24.4 Å². The lowest BCUT2D eigenvalue weighted by atomic mass is 10.2. The second-order valence-electron chi connectivity index (χ2n) is 3.86. The molecule has 0 aliphatic rings. The Bertz CT molecular complexity index is 672. The summed E-state index contributed by atoms with van der Waals surface area (Å²) in [6.45, 7) is 0.645. The van der Waals surface area contributed by atoms with E-state index in [0.29, 0.717) is 24.0 Å². The molecule has 92 valence electrons. The second-order valence-corrected chi connectivity index (χ2v) is 3.86. The fourth-order valence-corrected chi connectivity index (χ4v) is 1.88. The van der Waals surface area contributed by atoms with Crippen LogP contribution in [0.3, 0.4) is 0 Å². The van der Waals surface area contributed by atoms with Crippen LogP contribution in [0.5, 0.6) is 5.88 Å². The van der Waals surface area contributed by atoms with Crippen molar-refractivity contribution >= 4 is 11.6 Å². The molecule has 18 heavy (non-hydrogen) atoms. The first-order valence-electron chi connectivity index (χ1n) is 5.43. The monoisotopic (exact) mass is 244 g/mol. The molecule has 0 fully saturated rings. The molecule has 2 N–H and O–H groups in total. The smallest absolute Gasteiger partial charge is 0.229 e. The Kier molecular flexibility index (Phi) is 2.36. The van der Waals surface area contributed by atoms with E-state index in [1.165, 1.54) is 0 Å². The highest BCUT2D eigenvalue weighted by atomic mass is 16.5. The van der Waals surface area contributed by atoms with E-state index in [2.05, 4.69) is 15.3 Å². The summed E-state index contributed by atoms with van der Waals surface area (Å²) in [4.78, 5) is 0. The summed E-state index contributed by atoms with van der Waals surface area (Å²) in [5, 5.41) is 12.0. The van der Waals surface area contributed by atoms with Gasteiger partial charge in [0.1, 0.15) is 0 Å². The largest absolute Gasteiger partial charge is 0.482 e. The summed E-state index contributed by atoms with van der Waals surface area (Å²) in [6.07, 6.45) is 3.64. The van der Waals surface area contributed by atoms with E-state index < -0.39 is 0 Å². The van der Waals surface area contributed by atoms with Crippen molar-refractivity contribution in [2.45, 2.75) is 6.54 Å². The fourth-order valence-electron chi connectivity index (χ4n) is 1.88. The van der Waals surface area contributed by atoms with E-state index in [0.717, 1.165) is 5.56 Å². The number of anilines is 1. The molecule has 7 heteroatoms. The van der Waals surface area contributed by atoms with Gasteiger partial charge in [0.15, 0.2) is 5.65 Å². The first-order valence-corrected chi connectivity index (χ1v) is 5.43. The molecule has 0 radical (unpaired) electrons. The van der Waals surface area contributed by atoms with Crippen LogP contribution < -0.4 is 10.5 Å². The Hall–Kier alpha value is -2.57. The van der Waals surface area contributed by atoms with Gasteiger partial charge in [0.05, 0.1) is 13.7 Å². The van der Waals surface area contributed by atoms with Crippen LogP contribution in [-0.2, 0) is 6.54 Å². The highest BCUT2D eigenvalue weighted by Crippen LogP contribution is 2.20. The van der Waals surface area contributed by atoms with Crippen molar-refractivity contribution in [1.29, 1.82) is 0 Å². The van der Waals surface area contributed by atoms with E-state index in [9.17, 15) is 0 Å². The maximum absolute atomic E-state index is 5.73. The lowest BCUT2D eigenvalue weighted by Gasteiger charge is -2.08. The van der Waals surface area contributed by atoms with Crippen LogP contribution in [0.25, 0.3) is 5.65 Å². The summed E-state index contributed by atoms with van der Waals surface area (Å²) >= 11 is 0. The number of hydrogen-bond donors (Lipinski definition) is 1. The van der Waals surface area contributed by atoms with Gasteiger partial charge in [0.2, 0.25) is 11.8 Å². The van der Waals surface area contributed by atoms with E-state index in [-0.39, 0.29) is 0 Å². The van der Waals surface area contributed by atoms with Crippen molar-refractivity contribution in [3.63, 3.8) is 0 Å². The van der Waals surface area contributed by atoms with Gasteiger partial charge >= 0.3 is 0 Å².